The first-order valence-electron chi connectivity index (χ1n) is 6.47. The van der Waals surface area contributed by atoms with Crippen molar-refractivity contribution in [3.05, 3.63) is 35.9 Å². The number of carbonyl (C=O) groups is 1. The van der Waals surface area contributed by atoms with Crippen LogP contribution in [0.3, 0.4) is 0 Å². The van der Waals surface area contributed by atoms with Crippen LogP contribution in [0.2, 0.25) is 0 Å². The fourth-order valence-corrected chi connectivity index (χ4v) is 2.25. The molecule has 0 saturated heterocycles. The molecule has 8 heteroatoms. The second-order valence-corrected chi connectivity index (χ2v) is 5.03. The van der Waals surface area contributed by atoms with E-state index in [9.17, 15) is 13.6 Å². The normalized spacial score (nSPS) is 17.3. The molecular weight excluding hydrogens is 403 g/mol. The van der Waals surface area contributed by atoms with Crippen molar-refractivity contribution in [3.63, 3.8) is 0 Å². The topological polar surface area (TPSA) is 53.3 Å². The molecule has 0 bridgehead atoms. The molecule has 1 aliphatic rings. The number of nitrogens with zero attached hydrogens (tertiary/aromatic N) is 2. The third-order valence-corrected chi connectivity index (χ3v) is 3.35. The van der Waals surface area contributed by atoms with Crippen LogP contribution in [0, 0.1) is 17.4 Å². The molecule has 1 aromatic rings. The molecule has 23 heavy (non-hydrogen) atoms. The minimum absolute atomic E-state index is 0. The van der Waals surface area contributed by atoms with Crippen LogP contribution in [0.4, 0.5) is 8.78 Å². The van der Waals surface area contributed by atoms with E-state index in [0.29, 0.717) is 11.3 Å². The summed E-state index contributed by atoms with van der Waals surface area (Å²) in [7, 11) is 0. The van der Waals surface area contributed by atoms with E-state index < -0.39 is 24.3 Å². The van der Waals surface area contributed by atoms with Gasteiger partial charge in [0.05, 0.1) is 6.54 Å². The Kier molecular flexibility index (Phi) is 8.11. The monoisotopic (exact) mass is 414 g/mol. The van der Waals surface area contributed by atoms with Gasteiger partial charge in [-0.05, 0) is 12.1 Å². The fourth-order valence-electron chi connectivity index (χ4n) is 2.05. The van der Waals surface area contributed by atoms with E-state index in [-0.39, 0.29) is 51.4 Å². The van der Waals surface area contributed by atoms with Crippen molar-refractivity contribution in [2.75, 3.05) is 13.2 Å². The van der Waals surface area contributed by atoms with Crippen LogP contribution in [0.5, 0.6) is 5.75 Å². The Morgan fingerprint density at radius 2 is 2.09 bits per heavy atom. The maximum atomic E-state index is 12.7. The molecular formula is C15H12ClF2N2O2Y-. The average Bonchev–Trinajstić information content (AvgIpc) is 2.50. The number of allylic oxidation sites excluding steroid dienone is 1. The largest absolute Gasteiger partial charge is 0.479 e. The van der Waals surface area contributed by atoms with Crippen LogP contribution in [0.1, 0.15) is 12.0 Å². The third-order valence-electron chi connectivity index (χ3n) is 3.00. The molecule has 0 aliphatic carbocycles. The molecule has 1 unspecified atom stereocenters. The summed E-state index contributed by atoms with van der Waals surface area (Å²) in [6.45, 7) is -0.810. The minimum Gasteiger partial charge on any atom is -0.479 e. The van der Waals surface area contributed by atoms with Gasteiger partial charge in [0.1, 0.15) is 17.2 Å². The Balaban J connectivity index is 0.00000264. The molecule has 1 radical (unpaired) electrons. The Hall–Kier alpha value is -1.03. The summed E-state index contributed by atoms with van der Waals surface area (Å²) in [5.41, 5.74) is 0.843. The number of halogens is 3. The van der Waals surface area contributed by atoms with E-state index in [1.165, 1.54) is 0 Å². The summed E-state index contributed by atoms with van der Waals surface area (Å²) >= 11 is 5.82. The molecule has 0 saturated carbocycles. The molecule has 4 nitrogen and oxygen atoms in total. The molecule has 0 N–H and O–H groups in total. The summed E-state index contributed by atoms with van der Waals surface area (Å²) < 4.78 is 30.5. The third kappa shape index (κ3) is 5.24. The zero-order valence-corrected chi connectivity index (χ0v) is 15.6. The molecule has 1 heterocycles. The first-order valence-corrected chi connectivity index (χ1v) is 6.91. The Morgan fingerprint density at radius 1 is 1.43 bits per heavy atom. The van der Waals surface area contributed by atoms with Crippen LogP contribution in [0.15, 0.2) is 24.3 Å². The van der Waals surface area contributed by atoms with E-state index in [4.69, 9.17) is 21.6 Å². The zero-order chi connectivity index (χ0) is 16.1. The van der Waals surface area contributed by atoms with Crippen molar-refractivity contribution in [3.8, 4) is 11.8 Å². The number of alkyl halides is 3. The number of ether oxygens (including phenoxy) is 1. The van der Waals surface area contributed by atoms with Crippen LogP contribution >= 0.6 is 11.6 Å². The van der Waals surface area contributed by atoms with Crippen LogP contribution in [-0.4, -0.2) is 35.8 Å². The zero-order valence-electron chi connectivity index (χ0n) is 12.0. The van der Waals surface area contributed by atoms with Crippen molar-refractivity contribution >= 4 is 23.2 Å². The fraction of sp³-hybridized carbons (Fsp3) is 0.333. The van der Waals surface area contributed by atoms with E-state index >= 15 is 0 Å². The van der Waals surface area contributed by atoms with Gasteiger partial charge >= 0.3 is 0 Å². The number of hydrogen-bond acceptors (Lipinski definition) is 3. The van der Waals surface area contributed by atoms with Crippen molar-refractivity contribution < 1.29 is 51.0 Å². The summed E-state index contributed by atoms with van der Waals surface area (Å²) in [5, 5.41) is 7.57. The number of amides is 1. The molecule has 1 amide bonds. The van der Waals surface area contributed by atoms with E-state index in [1.807, 2.05) is 6.07 Å². The average molecular weight is 415 g/mol. The SMILES string of the molecule is N#CCOc1ccc(C2=[C-]CC(Cl)C(=O)N2CC(F)F)cc1.[Y]. The minimum atomic E-state index is -2.67. The Labute approximate surface area is 162 Å². The number of nitriles is 1. The van der Waals surface area contributed by atoms with Gasteiger partial charge in [-0.2, -0.15) is 10.8 Å². The van der Waals surface area contributed by atoms with Crippen LogP contribution in [0.25, 0.3) is 5.70 Å². The van der Waals surface area contributed by atoms with Crippen molar-refractivity contribution in [2.24, 2.45) is 0 Å². The smallest absolute Gasteiger partial charge is 0.256 e. The molecule has 1 aliphatic heterocycles. The Morgan fingerprint density at radius 3 is 2.65 bits per heavy atom. The van der Waals surface area contributed by atoms with E-state index in [0.717, 1.165) is 4.90 Å². The van der Waals surface area contributed by atoms with Crippen LogP contribution < -0.4 is 4.74 Å². The molecule has 0 spiro atoms. The molecule has 2 rings (SSSR count). The van der Waals surface area contributed by atoms with Gasteiger partial charge in [0.25, 0.3) is 6.43 Å². The summed E-state index contributed by atoms with van der Waals surface area (Å²) in [6.07, 6.45) is 0.400. The second-order valence-electron chi connectivity index (χ2n) is 4.51. The Bertz CT molecular complexity index is 617. The second kappa shape index (κ2) is 9.31. The first kappa shape index (κ1) is 20.0. The van der Waals surface area contributed by atoms with Gasteiger partial charge in [-0.25, -0.2) is 14.9 Å². The van der Waals surface area contributed by atoms with E-state index in [2.05, 4.69) is 6.08 Å². The van der Waals surface area contributed by atoms with Gasteiger partial charge < -0.3 is 9.64 Å². The quantitative estimate of drug-likeness (QED) is 0.550. The van der Waals surface area contributed by atoms with Gasteiger partial charge in [-0.3, -0.25) is 4.79 Å². The van der Waals surface area contributed by atoms with E-state index in [1.54, 1.807) is 24.3 Å². The van der Waals surface area contributed by atoms with Crippen molar-refractivity contribution in [1.82, 2.24) is 4.90 Å². The number of hydrogen-bond donors (Lipinski definition) is 0. The van der Waals surface area contributed by atoms with Crippen molar-refractivity contribution in [1.29, 1.82) is 5.26 Å². The van der Waals surface area contributed by atoms with Crippen molar-refractivity contribution in [2.45, 2.75) is 18.2 Å². The van der Waals surface area contributed by atoms with Gasteiger partial charge in [0.2, 0.25) is 5.91 Å². The van der Waals surface area contributed by atoms with Gasteiger partial charge in [0.15, 0.2) is 6.61 Å². The van der Waals surface area contributed by atoms with Gasteiger partial charge in [-0.1, -0.05) is 6.42 Å². The summed E-state index contributed by atoms with van der Waals surface area (Å²) in [4.78, 5) is 12.9. The standard InChI is InChI=1S/C15H12ClF2N2O2.Y/c16-12-5-6-13(20(15(12)21)9-14(17)18)10-1-3-11(4-2-10)22-8-7-19;/h1-4,12,14H,5,8-9H2;/q-1;. The van der Waals surface area contributed by atoms with Gasteiger partial charge in [-0.15, -0.1) is 29.4 Å². The number of rotatable bonds is 5. The molecule has 0 aromatic heterocycles. The van der Waals surface area contributed by atoms with Gasteiger partial charge in [0, 0.05) is 32.7 Å². The maximum absolute atomic E-state index is 12.7. The summed E-state index contributed by atoms with van der Waals surface area (Å²) in [6, 6.07) is 8.28. The molecule has 1 aromatic carbocycles. The molecule has 0 fully saturated rings. The predicted molar refractivity (Wildman–Crippen MR) is 76.2 cm³/mol. The number of carbonyl (C=O) groups excluding carboxylic acids is 1. The number of benzene rings is 1. The molecule has 1 atom stereocenters. The first-order chi connectivity index (χ1) is 10.5. The maximum Gasteiger partial charge on any atom is 0.256 e. The summed E-state index contributed by atoms with van der Waals surface area (Å²) in [5.74, 6) is -0.0795. The predicted octanol–water partition coefficient (Wildman–Crippen LogP) is 2.84. The van der Waals surface area contributed by atoms with Crippen LogP contribution in [-0.2, 0) is 37.5 Å². The molecule has 119 valence electrons.